The molecule has 0 saturated heterocycles. The third-order valence-electron chi connectivity index (χ3n) is 4.13. The molecule has 0 radical (unpaired) electrons. The number of nitrogens with zero attached hydrogens (tertiary/aromatic N) is 4. The van der Waals surface area contributed by atoms with Crippen molar-refractivity contribution in [3.8, 4) is 23.6 Å². The normalized spacial score (nSPS) is 10.2. The summed E-state index contributed by atoms with van der Waals surface area (Å²) in [6.07, 6.45) is 0. The van der Waals surface area contributed by atoms with Gasteiger partial charge in [-0.1, -0.05) is 11.6 Å². The molecule has 0 aliphatic heterocycles. The van der Waals surface area contributed by atoms with Crippen molar-refractivity contribution in [3.05, 3.63) is 75.6 Å². The van der Waals surface area contributed by atoms with Gasteiger partial charge in [0.25, 0.3) is 0 Å². The van der Waals surface area contributed by atoms with E-state index in [9.17, 15) is 0 Å². The summed E-state index contributed by atoms with van der Waals surface area (Å²) in [5, 5.41) is 22.8. The van der Waals surface area contributed by atoms with Crippen LogP contribution in [0.3, 0.4) is 0 Å². The number of hydrogen-bond acceptors (Lipinski definition) is 4. The van der Waals surface area contributed by atoms with Gasteiger partial charge in [0.15, 0.2) is 0 Å². The first-order valence-corrected chi connectivity index (χ1v) is 8.29. The topological polar surface area (TPSA) is 74.6 Å². The zero-order valence-corrected chi connectivity index (χ0v) is 15.1. The fourth-order valence-corrected chi connectivity index (χ4v) is 2.86. The highest BCUT2D eigenvalue weighted by Crippen LogP contribution is 2.24. The van der Waals surface area contributed by atoms with E-state index in [2.05, 4.69) is 17.2 Å². The minimum atomic E-state index is 0.369. The first-order valence-electron chi connectivity index (χ1n) is 7.91. The summed E-state index contributed by atoms with van der Waals surface area (Å²) in [5.74, 6) is 0.692. The number of nitriles is 2. The molecule has 26 heavy (non-hydrogen) atoms. The molecule has 0 atom stereocenters. The number of ether oxygens (including phenoxy) is 1. The van der Waals surface area contributed by atoms with Gasteiger partial charge in [-0.15, -0.1) is 0 Å². The van der Waals surface area contributed by atoms with E-state index >= 15 is 0 Å². The Morgan fingerprint density at radius 3 is 2.42 bits per heavy atom. The van der Waals surface area contributed by atoms with E-state index < -0.39 is 0 Å². The Morgan fingerprint density at radius 2 is 1.81 bits per heavy atom. The van der Waals surface area contributed by atoms with Crippen LogP contribution in [0.15, 0.2) is 42.5 Å². The van der Waals surface area contributed by atoms with Crippen LogP contribution in [0.5, 0.6) is 5.75 Å². The van der Waals surface area contributed by atoms with Gasteiger partial charge < -0.3 is 4.74 Å². The first-order chi connectivity index (χ1) is 12.5. The van der Waals surface area contributed by atoms with Crippen LogP contribution < -0.4 is 4.74 Å². The lowest BCUT2D eigenvalue weighted by Gasteiger charge is -2.08. The SMILES string of the molecule is Cc1nn(-c2ccc(C#N)c(Cl)c2)c(C)c1COc1ccc(C#N)cc1. The number of benzene rings is 2. The average molecular weight is 363 g/mol. The lowest BCUT2D eigenvalue weighted by Crippen LogP contribution is -2.01. The maximum atomic E-state index is 9.00. The van der Waals surface area contributed by atoms with Crippen molar-refractivity contribution in [2.75, 3.05) is 0 Å². The summed E-state index contributed by atoms with van der Waals surface area (Å²) >= 11 is 6.13. The number of halogens is 1. The highest BCUT2D eigenvalue weighted by molar-refractivity contribution is 6.31. The summed E-state index contributed by atoms with van der Waals surface area (Å²) in [5.41, 5.74) is 4.60. The standard InChI is InChI=1S/C20H15ClN4O/c1-13-19(12-26-18-7-3-15(10-22)4-8-18)14(2)25(24-13)17-6-5-16(11-23)20(21)9-17/h3-9H,12H2,1-2H3. The van der Waals surface area contributed by atoms with Gasteiger partial charge in [-0.25, -0.2) is 4.68 Å². The fourth-order valence-electron chi connectivity index (χ4n) is 2.64. The molecule has 3 aromatic rings. The van der Waals surface area contributed by atoms with Crippen LogP contribution in [0, 0.1) is 36.5 Å². The van der Waals surface area contributed by atoms with Crippen LogP contribution in [0.2, 0.25) is 5.02 Å². The van der Waals surface area contributed by atoms with E-state index in [1.807, 2.05) is 19.9 Å². The monoisotopic (exact) mass is 362 g/mol. The van der Waals surface area contributed by atoms with Gasteiger partial charge in [0.05, 0.1) is 33.6 Å². The molecular formula is C20H15ClN4O. The first kappa shape index (κ1) is 17.5. The molecule has 0 unspecified atom stereocenters. The van der Waals surface area contributed by atoms with Crippen molar-refractivity contribution < 1.29 is 4.74 Å². The summed E-state index contributed by atoms with van der Waals surface area (Å²) in [4.78, 5) is 0. The van der Waals surface area contributed by atoms with Gasteiger partial charge in [-0.05, 0) is 56.3 Å². The molecule has 0 spiro atoms. The molecule has 128 valence electrons. The van der Waals surface area contributed by atoms with Gasteiger partial charge in [-0.3, -0.25) is 0 Å². The van der Waals surface area contributed by atoms with E-state index in [1.165, 1.54) is 0 Å². The summed E-state index contributed by atoms with van der Waals surface area (Å²) in [6.45, 7) is 4.25. The molecule has 1 heterocycles. The lowest BCUT2D eigenvalue weighted by molar-refractivity contribution is 0.304. The minimum absolute atomic E-state index is 0.369. The van der Waals surface area contributed by atoms with Gasteiger partial charge in [-0.2, -0.15) is 15.6 Å². The van der Waals surface area contributed by atoms with E-state index in [1.54, 1.807) is 41.1 Å². The average Bonchev–Trinajstić information content (AvgIpc) is 2.94. The number of hydrogen-bond donors (Lipinski definition) is 0. The quantitative estimate of drug-likeness (QED) is 0.686. The molecule has 0 aliphatic rings. The molecule has 0 fully saturated rings. The smallest absolute Gasteiger partial charge is 0.119 e. The van der Waals surface area contributed by atoms with Crippen molar-refractivity contribution in [1.29, 1.82) is 10.5 Å². The zero-order chi connectivity index (χ0) is 18.7. The van der Waals surface area contributed by atoms with Crippen LogP contribution in [0.1, 0.15) is 28.1 Å². The van der Waals surface area contributed by atoms with Crippen LogP contribution in [0.25, 0.3) is 5.69 Å². The Labute approximate surface area is 156 Å². The second kappa shape index (κ2) is 7.31. The van der Waals surface area contributed by atoms with Crippen LogP contribution >= 0.6 is 11.6 Å². The molecule has 1 aromatic heterocycles. The number of rotatable bonds is 4. The number of aryl methyl sites for hydroxylation is 1. The molecule has 2 aromatic carbocycles. The summed E-state index contributed by atoms with van der Waals surface area (Å²) in [7, 11) is 0. The molecule has 0 amide bonds. The van der Waals surface area contributed by atoms with Crippen molar-refractivity contribution >= 4 is 11.6 Å². The van der Waals surface area contributed by atoms with Crippen molar-refractivity contribution in [1.82, 2.24) is 9.78 Å². The van der Waals surface area contributed by atoms with Crippen LogP contribution in [0.4, 0.5) is 0 Å². The summed E-state index contributed by atoms with van der Waals surface area (Å²) in [6, 6.07) is 16.3. The molecule has 5 nitrogen and oxygen atoms in total. The second-order valence-electron chi connectivity index (χ2n) is 5.76. The van der Waals surface area contributed by atoms with Gasteiger partial charge in [0, 0.05) is 11.3 Å². The zero-order valence-electron chi connectivity index (χ0n) is 14.3. The maximum absolute atomic E-state index is 9.00. The minimum Gasteiger partial charge on any atom is -0.489 e. The molecule has 0 aliphatic carbocycles. The maximum Gasteiger partial charge on any atom is 0.119 e. The Hall–Kier alpha value is -3.28. The van der Waals surface area contributed by atoms with Crippen LogP contribution in [-0.2, 0) is 6.61 Å². The van der Waals surface area contributed by atoms with E-state index in [-0.39, 0.29) is 0 Å². The molecule has 0 bridgehead atoms. The van der Waals surface area contributed by atoms with Crippen molar-refractivity contribution in [2.24, 2.45) is 0 Å². The van der Waals surface area contributed by atoms with E-state index in [0.717, 1.165) is 22.6 Å². The predicted molar refractivity (Wildman–Crippen MR) is 98.3 cm³/mol. The number of aromatic nitrogens is 2. The Morgan fingerprint density at radius 1 is 1.08 bits per heavy atom. The molecule has 3 rings (SSSR count). The largest absolute Gasteiger partial charge is 0.489 e. The molecule has 6 heteroatoms. The Balaban J connectivity index is 1.85. The third-order valence-corrected chi connectivity index (χ3v) is 4.44. The molecule has 0 saturated carbocycles. The lowest BCUT2D eigenvalue weighted by atomic mass is 10.2. The third kappa shape index (κ3) is 3.39. The fraction of sp³-hybridized carbons (Fsp3) is 0.150. The van der Waals surface area contributed by atoms with Crippen molar-refractivity contribution in [2.45, 2.75) is 20.5 Å². The van der Waals surface area contributed by atoms with Gasteiger partial charge in [0.1, 0.15) is 18.4 Å². The summed E-state index contributed by atoms with van der Waals surface area (Å²) < 4.78 is 7.62. The Kier molecular flexibility index (Phi) is 4.93. The van der Waals surface area contributed by atoms with Crippen LogP contribution in [-0.4, -0.2) is 9.78 Å². The van der Waals surface area contributed by atoms with Crippen molar-refractivity contribution in [3.63, 3.8) is 0 Å². The van der Waals surface area contributed by atoms with E-state index in [0.29, 0.717) is 28.5 Å². The predicted octanol–water partition coefficient (Wildman–Crippen LogP) is 4.46. The second-order valence-corrected chi connectivity index (χ2v) is 6.17. The van der Waals surface area contributed by atoms with Gasteiger partial charge >= 0.3 is 0 Å². The van der Waals surface area contributed by atoms with E-state index in [4.69, 9.17) is 26.9 Å². The Bertz CT molecular complexity index is 1040. The highest BCUT2D eigenvalue weighted by atomic mass is 35.5. The molecule has 0 N–H and O–H groups in total. The van der Waals surface area contributed by atoms with Gasteiger partial charge in [0.2, 0.25) is 0 Å². The molecular weight excluding hydrogens is 348 g/mol. The highest BCUT2D eigenvalue weighted by Gasteiger charge is 2.14.